The highest BCUT2D eigenvalue weighted by molar-refractivity contribution is 7.91. The third-order valence-electron chi connectivity index (χ3n) is 3.10. The first-order valence-corrected chi connectivity index (χ1v) is 7.76. The molecule has 0 bridgehead atoms. The first-order valence-electron chi connectivity index (χ1n) is 5.94. The van der Waals surface area contributed by atoms with E-state index in [1.165, 1.54) is 0 Å². The third-order valence-corrected chi connectivity index (χ3v) is 5.00. The zero-order chi connectivity index (χ0) is 12.5. The number of nitrogens with one attached hydrogen (secondary N) is 1. The minimum atomic E-state index is -2.88. The summed E-state index contributed by atoms with van der Waals surface area (Å²) in [6.07, 6.45) is 5.33. The van der Waals surface area contributed by atoms with Gasteiger partial charge in [0.1, 0.15) is 0 Å². The number of imidazole rings is 1. The van der Waals surface area contributed by atoms with E-state index in [9.17, 15) is 8.42 Å². The lowest BCUT2D eigenvalue weighted by molar-refractivity contribution is 0.559. The van der Waals surface area contributed by atoms with E-state index < -0.39 is 9.84 Å². The molecular weight excluding hydrogens is 238 g/mol. The maximum Gasteiger partial charge on any atom is 0.203 e. The summed E-state index contributed by atoms with van der Waals surface area (Å²) in [5.74, 6) is 1.23. The lowest BCUT2D eigenvalue weighted by Gasteiger charge is -2.25. The van der Waals surface area contributed by atoms with Crippen molar-refractivity contribution < 1.29 is 8.42 Å². The number of aromatic nitrogens is 2. The van der Waals surface area contributed by atoms with E-state index in [4.69, 9.17) is 0 Å². The Morgan fingerprint density at radius 2 is 2.35 bits per heavy atom. The highest BCUT2D eigenvalue weighted by atomic mass is 32.2. The summed E-state index contributed by atoms with van der Waals surface area (Å²) in [4.78, 5) is 4.25. The molecule has 1 aliphatic heterocycles. The van der Waals surface area contributed by atoms with Gasteiger partial charge in [-0.25, -0.2) is 13.4 Å². The van der Waals surface area contributed by atoms with Crippen LogP contribution in [0.4, 0.5) is 5.95 Å². The molecule has 1 N–H and O–H groups in total. The Morgan fingerprint density at radius 1 is 1.59 bits per heavy atom. The molecule has 17 heavy (non-hydrogen) atoms. The third kappa shape index (κ3) is 2.80. The van der Waals surface area contributed by atoms with Crippen molar-refractivity contribution in [1.82, 2.24) is 9.55 Å². The summed E-state index contributed by atoms with van der Waals surface area (Å²) in [5.41, 5.74) is -0.379. The van der Waals surface area contributed by atoms with Crippen LogP contribution in [0.15, 0.2) is 12.4 Å². The fourth-order valence-electron chi connectivity index (χ4n) is 2.23. The average Bonchev–Trinajstić information content (AvgIpc) is 2.73. The number of hydrogen-bond acceptors (Lipinski definition) is 4. The second kappa shape index (κ2) is 4.33. The van der Waals surface area contributed by atoms with Crippen LogP contribution in [0.25, 0.3) is 0 Å². The fraction of sp³-hybridized carbons (Fsp3) is 0.727. The predicted octanol–water partition coefficient (Wildman–Crippen LogP) is 1.28. The van der Waals surface area contributed by atoms with Gasteiger partial charge < -0.3 is 9.88 Å². The molecular formula is C11H19N3O2S. The van der Waals surface area contributed by atoms with Crippen molar-refractivity contribution in [2.24, 2.45) is 0 Å². The Hall–Kier alpha value is -1.04. The van der Waals surface area contributed by atoms with E-state index in [2.05, 4.69) is 17.2 Å². The van der Waals surface area contributed by atoms with Gasteiger partial charge in [0.25, 0.3) is 0 Å². The number of sulfone groups is 1. The van der Waals surface area contributed by atoms with Gasteiger partial charge in [-0.2, -0.15) is 0 Å². The SMILES string of the molecule is CCCn1ccnc1NC1(C)CCS(=O)(=O)C1. The predicted molar refractivity (Wildman–Crippen MR) is 67.8 cm³/mol. The second-order valence-corrected chi connectivity index (χ2v) is 7.16. The van der Waals surface area contributed by atoms with Crippen LogP contribution in [0.1, 0.15) is 26.7 Å². The molecule has 1 saturated heterocycles. The zero-order valence-electron chi connectivity index (χ0n) is 10.3. The van der Waals surface area contributed by atoms with Gasteiger partial charge in [0.2, 0.25) is 5.95 Å². The molecule has 1 unspecified atom stereocenters. The van der Waals surface area contributed by atoms with Crippen LogP contribution >= 0.6 is 0 Å². The van der Waals surface area contributed by atoms with Crippen LogP contribution in [0.5, 0.6) is 0 Å². The maximum absolute atomic E-state index is 11.5. The van der Waals surface area contributed by atoms with Crippen LogP contribution in [0, 0.1) is 0 Å². The van der Waals surface area contributed by atoms with E-state index in [1.807, 2.05) is 17.7 Å². The largest absolute Gasteiger partial charge is 0.349 e. The average molecular weight is 257 g/mol. The van der Waals surface area contributed by atoms with E-state index in [0.717, 1.165) is 18.9 Å². The first kappa shape index (κ1) is 12.4. The fourth-order valence-corrected chi connectivity index (χ4v) is 4.33. The zero-order valence-corrected chi connectivity index (χ0v) is 11.1. The first-order chi connectivity index (χ1) is 7.94. The molecule has 6 heteroatoms. The molecule has 1 atom stereocenters. The molecule has 96 valence electrons. The van der Waals surface area contributed by atoms with Crippen LogP contribution in [-0.2, 0) is 16.4 Å². The summed E-state index contributed by atoms with van der Waals surface area (Å²) < 4.78 is 25.1. The summed E-state index contributed by atoms with van der Waals surface area (Å²) in [5, 5.41) is 3.28. The Kier molecular flexibility index (Phi) is 3.16. The van der Waals surface area contributed by atoms with Crippen LogP contribution in [-0.4, -0.2) is 35.0 Å². The van der Waals surface area contributed by atoms with Gasteiger partial charge >= 0.3 is 0 Å². The van der Waals surface area contributed by atoms with Gasteiger partial charge in [-0.15, -0.1) is 0 Å². The standard InChI is InChI=1S/C11H19N3O2S/c1-3-6-14-7-5-12-10(14)13-11(2)4-8-17(15,16)9-11/h5,7H,3-4,6,8-9H2,1-2H3,(H,12,13). The summed E-state index contributed by atoms with van der Waals surface area (Å²) in [7, 11) is -2.88. The molecule has 1 aromatic rings. The minimum absolute atomic E-state index is 0.193. The number of hydrogen-bond donors (Lipinski definition) is 1. The monoisotopic (exact) mass is 257 g/mol. The number of aryl methyl sites for hydroxylation is 1. The molecule has 1 aliphatic rings. The highest BCUT2D eigenvalue weighted by Crippen LogP contribution is 2.26. The van der Waals surface area contributed by atoms with Crippen molar-refractivity contribution in [3.8, 4) is 0 Å². The summed E-state index contributed by atoms with van der Waals surface area (Å²) in [6.45, 7) is 4.94. The van der Waals surface area contributed by atoms with Crippen molar-refractivity contribution in [3.05, 3.63) is 12.4 Å². The molecule has 1 fully saturated rings. The van der Waals surface area contributed by atoms with Gasteiger partial charge in [0.05, 0.1) is 17.0 Å². The van der Waals surface area contributed by atoms with E-state index >= 15 is 0 Å². The van der Waals surface area contributed by atoms with Crippen LogP contribution in [0.2, 0.25) is 0 Å². The smallest absolute Gasteiger partial charge is 0.203 e. The molecule has 0 aliphatic carbocycles. The molecule has 1 aromatic heterocycles. The van der Waals surface area contributed by atoms with Gasteiger partial charge in [0, 0.05) is 18.9 Å². The molecule has 2 rings (SSSR count). The minimum Gasteiger partial charge on any atom is -0.349 e. The Morgan fingerprint density at radius 3 is 2.94 bits per heavy atom. The molecule has 5 nitrogen and oxygen atoms in total. The summed E-state index contributed by atoms with van der Waals surface area (Å²) >= 11 is 0. The van der Waals surface area contributed by atoms with Crippen LogP contribution in [0.3, 0.4) is 0 Å². The lowest BCUT2D eigenvalue weighted by atomic mass is 10.0. The Balaban J connectivity index is 2.13. The van der Waals surface area contributed by atoms with E-state index in [0.29, 0.717) is 6.42 Å². The van der Waals surface area contributed by atoms with Gasteiger partial charge in [0.15, 0.2) is 9.84 Å². The molecule has 0 radical (unpaired) electrons. The Labute approximate surface area is 102 Å². The summed E-state index contributed by atoms with van der Waals surface area (Å²) in [6, 6.07) is 0. The van der Waals surface area contributed by atoms with Gasteiger partial charge in [-0.05, 0) is 19.8 Å². The van der Waals surface area contributed by atoms with Gasteiger partial charge in [-0.3, -0.25) is 0 Å². The highest BCUT2D eigenvalue weighted by Gasteiger charge is 2.38. The topological polar surface area (TPSA) is 64.0 Å². The Bertz CT molecular complexity index is 495. The van der Waals surface area contributed by atoms with E-state index in [1.54, 1.807) is 6.20 Å². The molecule has 2 heterocycles. The second-order valence-electron chi connectivity index (χ2n) is 4.97. The number of anilines is 1. The molecule has 0 amide bonds. The molecule has 0 spiro atoms. The van der Waals surface area contributed by atoms with Crippen molar-refractivity contribution in [2.75, 3.05) is 16.8 Å². The van der Waals surface area contributed by atoms with Crippen molar-refractivity contribution in [2.45, 2.75) is 38.8 Å². The number of rotatable bonds is 4. The quantitative estimate of drug-likeness (QED) is 0.882. The maximum atomic E-state index is 11.5. The molecule has 0 saturated carbocycles. The van der Waals surface area contributed by atoms with Gasteiger partial charge in [-0.1, -0.05) is 6.92 Å². The van der Waals surface area contributed by atoms with E-state index in [-0.39, 0.29) is 17.0 Å². The van der Waals surface area contributed by atoms with Crippen molar-refractivity contribution in [3.63, 3.8) is 0 Å². The molecule has 0 aromatic carbocycles. The van der Waals surface area contributed by atoms with Crippen molar-refractivity contribution >= 4 is 15.8 Å². The normalized spacial score (nSPS) is 27.2. The van der Waals surface area contributed by atoms with Crippen molar-refractivity contribution in [1.29, 1.82) is 0 Å². The number of nitrogens with zero attached hydrogens (tertiary/aromatic N) is 2. The lowest BCUT2D eigenvalue weighted by Crippen LogP contribution is -2.37. The van der Waals surface area contributed by atoms with Crippen LogP contribution < -0.4 is 5.32 Å².